The summed E-state index contributed by atoms with van der Waals surface area (Å²) in [7, 11) is 0. The van der Waals surface area contributed by atoms with Gasteiger partial charge in [-0.2, -0.15) is 0 Å². The Kier molecular flexibility index (Phi) is 5.89. The number of para-hydroxylation sites is 1. The molecule has 0 heterocycles. The van der Waals surface area contributed by atoms with Crippen LogP contribution >= 0.6 is 0 Å². The quantitative estimate of drug-likeness (QED) is 0.199. The second-order valence-corrected chi connectivity index (χ2v) is 11.7. The van der Waals surface area contributed by atoms with E-state index in [-0.39, 0.29) is 0 Å². The first-order valence-corrected chi connectivity index (χ1v) is 15.5. The molecule has 0 bridgehead atoms. The molecule has 0 unspecified atom stereocenters. The maximum Gasteiger partial charge on any atom is 0.0625 e. The van der Waals surface area contributed by atoms with Crippen LogP contribution < -0.4 is 4.90 Å². The molecule has 1 heteroatoms. The minimum absolute atomic E-state index is 1.13. The van der Waals surface area contributed by atoms with Gasteiger partial charge in [-0.25, -0.2) is 0 Å². The SMILES string of the molecule is c1ccc(-c2ccc(N(c3ccccc3-c3ccccc3)c3c4c(cc5ccccc35)-c3cc5ccccc5cc3-4)cc2)cc1. The van der Waals surface area contributed by atoms with Crippen molar-refractivity contribution in [3.8, 4) is 44.5 Å². The van der Waals surface area contributed by atoms with Crippen molar-refractivity contribution in [2.75, 3.05) is 4.90 Å². The van der Waals surface area contributed by atoms with E-state index in [1.54, 1.807) is 0 Å². The number of hydrogen-bond donors (Lipinski definition) is 0. The highest BCUT2D eigenvalue weighted by atomic mass is 15.1. The van der Waals surface area contributed by atoms with Gasteiger partial charge >= 0.3 is 0 Å². The van der Waals surface area contributed by atoms with E-state index in [0.717, 1.165) is 11.4 Å². The average molecular weight is 572 g/mol. The van der Waals surface area contributed by atoms with Crippen molar-refractivity contribution in [3.63, 3.8) is 0 Å². The zero-order valence-corrected chi connectivity index (χ0v) is 24.7. The molecule has 45 heavy (non-hydrogen) atoms. The van der Waals surface area contributed by atoms with Gasteiger partial charge in [0.15, 0.2) is 0 Å². The summed E-state index contributed by atoms with van der Waals surface area (Å²) in [4.78, 5) is 2.50. The second kappa shape index (κ2) is 10.4. The van der Waals surface area contributed by atoms with Gasteiger partial charge in [0.1, 0.15) is 0 Å². The fourth-order valence-corrected chi connectivity index (χ4v) is 7.01. The number of nitrogens with zero attached hydrogens (tertiary/aromatic N) is 1. The molecule has 0 amide bonds. The molecule has 0 atom stereocenters. The van der Waals surface area contributed by atoms with Gasteiger partial charge in [0.05, 0.1) is 11.4 Å². The Morgan fingerprint density at radius 3 is 1.60 bits per heavy atom. The van der Waals surface area contributed by atoms with Crippen molar-refractivity contribution < 1.29 is 0 Å². The van der Waals surface area contributed by atoms with Gasteiger partial charge in [0.25, 0.3) is 0 Å². The van der Waals surface area contributed by atoms with Crippen molar-refractivity contribution in [1.82, 2.24) is 0 Å². The summed E-state index contributed by atoms with van der Waals surface area (Å²) in [6.45, 7) is 0. The lowest BCUT2D eigenvalue weighted by Crippen LogP contribution is -2.15. The molecule has 0 saturated carbocycles. The molecule has 1 aliphatic rings. The van der Waals surface area contributed by atoms with Crippen LogP contribution in [0.5, 0.6) is 0 Å². The van der Waals surface area contributed by atoms with Crippen LogP contribution in [0.25, 0.3) is 66.1 Å². The number of hydrogen-bond acceptors (Lipinski definition) is 1. The Hall–Kier alpha value is -5.92. The van der Waals surface area contributed by atoms with Crippen molar-refractivity contribution in [3.05, 3.63) is 176 Å². The lowest BCUT2D eigenvalue weighted by molar-refractivity contribution is 1.29. The minimum atomic E-state index is 1.13. The molecule has 1 nitrogen and oxygen atoms in total. The monoisotopic (exact) mass is 571 g/mol. The molecule has 1 aliphatic carbocycles. The Bertz CT molecular complexity index is 2350. The first-order chi connectivity index (χ1) is 22.3. The molecule has 9 rings (SSSR count). The Labute approximate surface area is 263 Å². The zero-order chi connectivity index (χ0) is 29.7. The normalized spacial score (nSPS) is 11.6. The summed E-state index contributed by atoms with van der Waals surface area (Å²) in [6.07, 6.45) is 0. The van der Waals surface area contributed by atoms with Crippen LogP contribution in [0.3, 0.4) is 0 Å². The van der Waals surface area contributed by atoms with Crippen molar-refractivity contribution >= 4 is 38.6 Å². The van der Waals surface area contributed by atoms with Gasteiger partial charge in [0, 0.05) is 22.2 Å². The van der Waals surface area contributed by atoms with E-state index < -0.39 is 0 Å². The summed E-state index contributed by atoms with van der Waals surface area (Å²) in [6, 6.07) is 63.9. The summed E-state index contributed by atoms with van der Waals surface area (Å²) >= 11 is 0. The zero-order valence-electron chi connectivity index (χ0n) is 24.7. The smallest absolute Gasteiger partial charge is 0.0625 e. The number of anilines is 3. The van der Waals surface area contributed by atoms with E-state index in [4.69, 9.17) is 0 Å². The second-order valence-electron chi connectivity index (χ2n) is 11.7. The number of fused-ring (bicyclic) bond motifs is 6. The molecule has 8 aromatic carbocycles. The van der Waals surface area contributed by atoms with Crippen molar-refractivity contribution in [1.29, 1.82) is 0 Å². The van der Waals surface area contributed by atoms with E-state index in [2.05, 4.69) is 181 Å². The fraction of sp³-hybridized carbons (Fsp3) is 0. The molecule has 0 radical (unpaired) electrons. The van der Waals surface area contributed by atoms with E-state index in [1.165, 1.54) is 71.7 Å². The first kappa shape index (κ1) is 25.6. The standard InChI is InChI=1S/C44H29N/c1-3-13-30(14-4-1)31-23-25-36(26-24-31)45(42-22-12-11-20-37(42)32-15-5-2-6-16-32)44-38-21-10-9-19-35(38)29-41-39-27-33-17-7-8-18-34(33)28-40(39)43(41)44/h1-29H. The third-order valence-corrected chi connectivity index (χ3v) is 9.15. The van der Waals surface area contributed by atoms with Crippen LogP contribution in [0.15, 0.2) is 176 Å². The largest absolute Gasteiger partial charge is 0.309 e. The van der Waals surface area contributed by atoms with E-state index in [9.17, 15) is 0 Å². The highest BCUT2D eigenvalue weighted by molar-refractivity contribution is 6.20. The molecule has 8 aromatic rings. The van der Waals surface area contributed by atoms with Gasteiger partial charge in [-0.05, 0) is 85.9 Å². The molecular weight excluding hydrogens is 542 g/mol. The summed E-state index contributed by atoms with van der Waals surface area (Å²) < 4.78 is 0. The molecule has 210 valence electrons. The third kappa shape index (κ3) is 4.17. The Morgan fingerprint density at radius 2 is 0.867 bits per heavy atom. The number of benzene rings is 8. The fourth-order valence-electron chi connectivity index (χ4n) is 7.01. The van der Waals surface area contributed by atoms with E-state index in [0.29, 0.717) is 0 Å². The molecular formula is C44H29N. The van der Waals surface area contributed by atoms with Crippen LogP contribution in [-0.2, 0) is 0 Å². The maximum absolute atomic E-state index is 2.50. The molecule has 0 fully saturated rings. The predicted octanol–water partition coefficient (Wildman–Crippen LogP) is 12.4. The molecule has 0 N–H and O–H groups in total. The molecule has 0 aliphatic heterocycles. The highest BCUT2D eigenvalue weighted by Gasteiger charge is 2.32. The van der Waals surface area contributed by atoms with Gasteiger partial charge in [-0.3, -0.25) is 0 Å². The summed E-state index contributed by atoms with van der Waals surface area (Å²) in [5.74, 6) is 0. The number of rotatable bonds is 5. The van der Waals surface area contributed by atoms with E-state index in [1.807, 2.05) is 0 Å². The van der Waals surface area contributed by atoms with Gasteiger partial charge in [-0.1, -0.05) is 140 Å². The molecule has 0 aromatic heterocycles. The lowest BCUT2D eigenvalue weighted by atomic mass is 9.76. The Balaban J connectivity index is 1.34. The van der Waals surface area contributed by atoms with Crippen LogP contribution in [0, 0.1) is 0 Å². The van der Waals surface area contributed by atoms with Gasteiger partial charge < -0.3 is 4.90 Å². The highest BCUT2D eigenvalue weighted by Crippen LogP contribution is 2.58. The lowest BCUT2D eigenvalue weighted by Gasteiger charge is -2.36. The Morgan fingerprint density at radius 1 is 0.333 bits per heavy atom. The third-order valence-electron chi connectivity index (χ3n) is 9.15. The van der Waals surface area contributed by atoms with Crippen LogP contribution in [-0.4, -0.2) is 0 Å². The molecule has 0 spiro atoms. The van der Waals surface area contributed by atoms with E-state index >= 15 is 0 Å². The van der Waals surface area contributed by atoms with Crippen LogP contribution in [0.4, 0.5) is 17.1 Å². The maximum atomic E-state index is 2.50. The van der Waals surface area contributed by atoms with Gasteiger partial charge in [0.2, 0.25) is 0 Å². The van der Waals surface area contributed by atoms with Crippen molar-refractivity contribution in [2.24, 2.45) is 0 Å². The predicted molar refractivity (Wildman–Crippen MR) is 191 cm³/mol. The first-order valence-electron chi connectivity index (χ1n) is 15.5. The van der Waals surface area contributed by atoms with Crippen molar-refractivity contribution in [2.45, 2.75) is 0 Å². The average Bonchev–Trinajstić information content (AvgIpc) is 3.12. The van der Waals surface area contributed by atoms with Crippen LogP contribution in [0.1, 0.15) is 0 Å². The summed E-state index contributed by atoms with van der Waals surface area (Å²) in [5.41, 5.74) is 13.6. The minimum Gasteiger partial charge on any atom is -0.309 e. The van der Waals surface area contributed by atoms with Crippen LogP contribution in [0.2, 0.25) is 0 Å². The molecule has 0 saturated heterocycles. The topological polar surface area (TPSA) is 3.24 Å². The summed E-state index contributed by atoms with van der Waals surface area (Å²) in [5, 5.41) is 5.03. The van der Waals surface area contributed by atoms with Gasteiger partial charge in [-0.15, -0.1) is 0 Å².